The largest absolute Gasteiger partial charge is 0.490 e. The minimum absolute atomic E-state index is 0.306. The summed E-state index contributed by atoms with van der Waals surface area (Å²) in [5.74, 6) is 1.94. The van der Waals surface area contributed by atoms with Crippen molar-refractivity contribution in [3.8, 4) is 11.5 Å². The monoisotopic (exact) mass is 444 g/mol. The van der Waals surface area contributed by atoms with Gasteiger partial charge in [-0.25, -0.2) is 0 Å². The predicted octanol–water partition coefficient (Wildman–Crippen LogP) is 4.43. The van der Waals surface area contributed by atoms with Crippen LogP contribution < -0.4 is 20.1 Å². The van der Waals surface area contributed by atoms with E-state index >= 15 is 0 Å². The zero-order valence-electron chi connectivity index (χ0n) is 19.0. The summed E-state index contributed by atoms with van der Waals surface area (Å²) in [5.41, 5.74) is 3.65. The molecule has 33 heavy (non-hydrogen) atoms. The van der Waals surface area contributed by atoms with Gasteiger partial charge in [0.1, 0.15) is 23.7 Å². The quantitative estimate of drug-likeness (QED) is 0.412. The van der Waals surface area contributed by atoms with Crippen LogP contribution in [-0.2, 0) is 6.54 Å². The van der Waals surface area contributed by atoms with Crippen LogP contribution >= 0.6 is 0 Å². The summed E-state index contributed by atoms with van der Waals surface area (Å²) in [6.45, 7) is 4.97. The van der Waals surface area contributed by atoms with Crippen molar-refractivity contribution >= 4 is 21.8 Å². The average molecular weight is 445 g/mol. The zero-order valence-corrected chi connectivity index (χ0v) is 19.0. The third-order valence-electron chi connectivity index (χ3n) is 7.00. The number of nitrogens with zero attached hydrogens (tertiary/aromatic N) is 1. The molecule has 3 N–H and O–H groups in total. The molecular formula is C27H32N4O2. The Bertz CT molecular complexity index is 1230. The maximum absolute atomic E-state index is 6.29. The second-order valence-corrected chi connectivity index (χ2v) is 9.32. The summed E-state index contributed by atoms with van der Waals surface area (Å²) >= 11 is 0. The summed E-state index contributed by atoms with van der Waals surface area (Å²) in [5, 5.41) is 9.24. The second kappa shape index (κ2) is 9.12. The Balaban J connectivity index is 1.21. The third-order valence-corrected chi connectivity index (χ3v) is 7.00. The first-order valence-electron chi connectivity index (χ1n) is 12.3. The van der Waals surface area contributed by atoms with Crippen molar-refractivity contribution in [2.75, 3.05) is 26.2 Å². The van der Waals surface area contributed by atoms with Gasteiger partial charge in [0.05, 0.1) is 0 Å². The van der Waals surface area contributed by atoms with E-state index in [1.54, 1.807) is 0 Å². The van der Waals surface area contributed by atoms with E-state index in [-0.39, 0.29) is 0 Å². The number of aromatic nitrogens is 2. The number of benzene rings is 2. The summed E-state index contributed by atoms with van der Waals surface area (Å²) in [6, 6.07) is 15.1. The van der Waals surface area contributed by atoms with Crippen molar-refractivity contribution in [2.24, 2.45) is 0 Å². The van der Waals surface area contributed by atoms with Gasteiger partial charge in [0, 0.05) is 40.7 Å². The summed E-state index contributed by atoms with van der Waals surface area (Å²) in [6.07, 6.45) is 9.20. The molecule has 0 spiro atoms. The normalized spacial score (nSPS) is 18.2. The van der Waals surface area contributed by atoms with E-state index in [0.29, 0.717) is 12.2 Å². The van der Waals surface area contributed by atoms with Crippen LogP contribution in [0, 0.1) is 0 Å². The number of aromatic amines is 1. The van der Waals surface area contributed by atoms with Crippen molar-refractivity contribution in [1.82, 2.24) is 20.2 Å². The highest BCUT2D eigenvalue weighted by atomic mass is 16.5. The zero-order chi connectivity index (χ0) is 22.0. The number of rotatable bonds is 6. The first-order valence-corrected chi connectivity index (χ1v) is 12.3. The number of fused-ring (bicyclic) bond motifs is 2. The van der Waals surface area contributed by atoms with Crippen molar-refractivity contribution in [1.29, 1.82) is 0 Å². The molecule has 0 saturated carbocycles. The smallest absolute Gasteiger partial charge is 0.120 e. The Morgan fingerprint density at radius 1 is 0.788 bits per heavy atom. The van der Waals surface area contributed by atoms with Crippen molar-refractivity contribution in [3.05, 3.63) is 60.4 Å². The van der Waals surface area contributed by atoms with Gasteiger partial charge >= 0.3 is 0 Å². The fourth-order valence-electron chi connectivity index (χ4n) is 5.15. The third kappa shape index (κ3) is 4.45. The molecule has 4 heterocycles. The van der Waals surface area contributed by atoms with Crippen LogP contribution in [0.25, 0.3) is 21.8 Å². The van der Waals surface area contributed by atoms with E-state index in [1.807, 2.05) is 0 Å². The van der Waals surface area contributed by atoms with Crippen molar-refractivity contribution < 1.29 is 9.47 Å². The molecule has 2 aromatic carbocycles. The minimum atomic E-state index is 0.306. The molecule has 4 aromatic rings. The van der Waals surface area contributed by atoms with Gasteiger partial charge < -0.3 is 29.7 Å². The lowest BCUT2D eigenvalue weighted by molar-refractivity contribution is 0.162. The molecule has 0 atom stereocenters. The molecule has 0 bridgehead atoms. The lowest BCUT2D eigenvalue weighted by Crippen LogP contribution is -2.34. The molecule has 2 saturated heterocycles. The van der Waals surface area contributed by atoms with Crippen LogP contribution in [-0.4, -0.2) is 47.9 Å². The number of nitrogens with one attached hydrogen (secondary N) is 3. The maximum atomic E-state index is 6.29. The Hall–Kier alpha value is -2.96. The molecule has 0 unspecified atom stereocenters. The van der Waals surface area contributed by atoms with Gasteiger partial charge in [-0.15, -0.1) is 0 Å². The molecule has 2 fully saturated rings. The molecule has 2 aliphatic rings. The molecule has 6 nitrogen and oxygen atoms in total. The number of piperidine rings is 2. The van der Waals surface area contributed by atoms with Crippen LogP contribution in [0.5, 0.6) is 11.5 Å². The predicted molar refractivity (Wildman–Crippen MR) is 132 cm³/mol. The van der Waals surface area contributed by atoms with E-state index in [0.717, 1.165) is 75.4 Å². The fourth-order valence-corrected chi connectivity index (χ4v) is 5.15. The van der Waals surface area contributed by atoms with Crippen LogP contribution in [0.4, 0.5) is 0 Å². The van der Waals surface area contributed by atoms with Gasteiger partial charge in [0.25, 0.3) is 0 Å². The molecule has 2 aromatic heterocycles. The van der Waals surface area contributed by atoms with Gasteiger partial charge in [-0.3, -0.25) is 0 Å². The molecule has 0 radical (unpaired) electrons. The van der Waals surface area contributed by atoms with Crippen LogP contribution in [0.2, 0.25) is 0 Å². The van der Waals surface area contributed by atoms with Gasteiger partial charge in [-0.05, 0) is 99.9 Å². The summed E-state index contributed by atoms with van der Waals surface area (Å²) in [7, 11) is 0. The summed E-state index contributed by atoms with van der Waals surface area (Å²) < 4.78 is 14.8. The number of ether oxygens (including phenoxy) is 2. The summed E-state index contributed by atoms with van der Waals surface area (Å²) in [4.78, 5) is 3.43. The Labute approximate surface area is 194 Å². The topological polar surface area (TPSA) is 63.2 Å². The lowest BCUT2D eigenvalue weighted by Gasteiger charge is -2.24. The number of hydrogen-bond donors (Lipinski definition) is 3. The van der Waals surface area contributed by atoms with Gasteiger partial charge in [0.15, 0.2) is 0 Å². The second-order valence-electron chi connectivity index (χ2n) is 9.32. The van der Waals surface area contributed by atoms with Gasteiger partial charge in [-0.1, -0.05) is 0 Å². The maximum Gasteiger partial charge on any atom is 0.120 e. The molecule has 0 amide bonds. The lowest BCUT2D eigenvalue weighted by atomic mass is 10.1. The van der Waals surface area contributed by atoms with E-state index in [4.69, 9.17) is 9.47 Å². The standard InChI is InChI=1S/C27H32N4O2/c1-3-26-25(16-24(1)33-22-7-12-29-13-8-22)20(17-30-26)18-31-14-9-19-15-23(2-4-27(19)31)32-21-5-10-28-11-6-21/h1-4,9,14-17,21-22,28-30H,5-8,10-13,18H2. The first kappa shape index (κ1) is 20.6. The van der Waals surface area contributed by atoms with Gasteiger partial charge in [0.2, 0.25) is 0 Å². The van der Waals surface area contributed by atoms with E-state index in [2.05, 4.69) is 75.0 Å². The highest BCUT2D eigenvalue weighted by Crippen LogP contribution is 2.29. The molecule has 6 rings (SSSR count). The van der Waals surface area contributed by atoms with Crippen LogP contribution in [0.15, 0.2) is 54.9 Å². The molecule has 0 aliphatic carbocycles. The Morgan fingerprint density at radius 3 is 2.18 bits per heavy atom. The van der Waals surface area contributed by atoms with Gasteiger partial charge in [-0.2, -0.15) is 0 Å². The van der Waals surface area contributed by atoms with Crippen LogP contribution in [0.1, 0.15) is 31.2 Å². The van der Waals surface area contributed by atoms with E-state index in [9.17, 15) is 0 Å². The van der Waals surface area contributed by atoms with Crippen molar-refractivity contribution in [3.63, 3.8) is 0 Å². The molecule has 2 aliphatic heterocycles. The minimum Gasteiger partial charge on any atom is -0.490 e. The molecular weight excluding hydrogens is 412 g/mol. The van der Waals surface area contributed by atoms with E-state index < -0.39 is 0 Å². The van der Waals surface area contributed by atoms with Crippen LogP contribution in [0.3, 0.4) is 0 Å². The average Bonchev–Trinajstić information content (AvgIpc) is 3.44. The molecule has 6 heteroatoms. The first-order chi connectivity index (χ1) is 16.3. The highest BCUT2D eigenvalue weighted by molar-refractivity contribution is 5.85. The SMILES string of the molecule is c1cc2c(ccn2Cc2c[nH]c3ccc(OC4CCNCC4)cc23)cc1OC1CCNCC1. The Kier molecular flexibility index (Phi) is 5.70. The highest BCUT2D eigenvalue weighted by Gasteiger charge is 2.16. The van der Waals surface area contributed by atoms with Crippen molar-refractivity contribution in [2.45, 2.75) is 44.4 Å². The number of hydrogen-bond acceptors (Lipinski definition) is 4. The Morgan fingerprint density at radius 2 is 1.45 bits per heavy atom. The molecule has 172 valence electrons. The number of H-pyrrole nitrogens is 1. The van der Waals surface area contributed by atoms with E-state index in [1.165, 1.54) is 21.9 Å². The fraction of sp³-hybridized carbons (Fsp3) is 0.407.